The number of carbonyl (C=O) groups is 4. The first-order valence-electron chi connectivity index (χ1n) is 13.7. The molecule has 0 fully saturated rings. The second kappa shape index (κ2) is 14.5. The summed E-state index contributed by atoms with van der Waals surface area (Å²) in [5.74, 6) is -1.86. The third-order valence-corrected chi connectivity index (χ3v) is 5.82. The van der Waals surface area contributed by atoms with E-state index in [-0.39, 0.29) is 18.7 Å². The Labute approximate surface area is 248 Å². The van der Waals surface area contributed by atoms with E-state index in [1.54, 1.807) is 54.5 Å². The summed E-state index contributed by atoms with van der Waals surface area (Å²) in [4.78, 5) is 54.2. The Kier molecular flexibility index (Phi) is 11.7. The van der Waals surface area contributed by atoms with E-state index in [9.17, 15) is 24.3 Å². The van der Waals surface area contributed by atoms with Gasteiger partial charge in [0, 0.05) is 13.0 Å². The molecular weight excluding hydrogens is 538 g/mol. The zero-order chi connectivity index (χ0) is 31.7. The zero-order valence-corrected chi connectivity index (χ0v) is 25.5. The van der Waals surface area contributed by atoms with Crippen LogP contribution in [0.15, 0.2) is 61.2 Å². The van der Waals surface area contributed by atoms with Crippen LogP contribution in [0.25, 0.3) is 0 Å². The fraction of sp³-hybridized carbons (Fsp3) is 0.438. The van der Waals surface area contributed by atoms with Gasteiger partial charge in [0.25, 0.3) is 0 Å². The molecule has 2 rings (SSSR count). The molecule has 0 heterocycles. The van der Waals surface area contributed by atoms with Crippen LogP contribution in [0.3, 0.4) is 0 Å². The number of phenolic OH excluding ortho intramolecular Hbond substituents is 1. The SMILES string of the molecule is C=CCN(C(=O)CNC(=O)OC(C)(C)C)C(C(=O)NC(Cc1ccccc1)C(=O)OC(C)(C)C)c1ccc(O)c(C)c1. The van der Waals surface area contributed by atoms with E-state index in [1.165, 1.54) is 23.1 Å². The number of phenols is 1. The van der Waals surface area contributed by atoms with E-state index in [4.69, 9.17) is 9.47 Å². The predicted molar refractivity (Wildman–Crippen MR) is 160 cm³/mol. The molecule has 0 saturated carbocycles. The Balaban J connectivity index is 2.47. The van der Waals surface area contributed by atoms with Gasteiger partial charge in [-0.25, -0.2) is 9.59 Å². The van der Waals surface area contributed by atoms with Crippen molar-refractivity contribution in [2.24, 2.45) is 0 Å². The summed E-state index contributed by atoms with van der Waals surface area (Å²) in [5, 5.41) is 15.3. The number of carbonyl (C=O) groups excluding carboxylic acids is 4. The maximum Gasteiger partial charge on any atom is 0.408 e. The van der Waals surface area contributed by atoms with Crippen LogP contribution in [0.5, 0.6) is 5.75 Å². The van der Waals surface area contributed by atoms with E-state index >= 15 is 0 Å². The van der Waals surface area contributed by atoms with Crippen LogP contribution in [0.2, 0.25) is 0 Å². The first kappa shape index (κ1) is 33.9. The van der Waals surface area contributed by atoms with E-state index in [1.807, 2.05) is 30.3 Å². The fourth-order valence-electron chi connectivity index (χ4n) is 4.04. The van der Waals surface area contributed by atoms with Gasteiger partial charge in [-0.3, -0.25) is 9.59 Å². The summed E-state index contributed by atoms with van der Waals surface area (Å²) >= 11 is 0. The van der Waals surface area contributed by atoms with E-state index in [0.29, 0.717) is 11.1 Å². The van der Waals surface area contributed by atoms with Crippen LogP contribution in [0.4, 0.5) is 4.79 Å². The number of esters is 1. The molecule has 2 unspecified atom stereocenters. The summed E-state index contributed by atoms with van der Waals surface area (Å²) in [6.07, 6.45) is 0.816. The standard InChI is InChI=1S/C32H43N3O7/c1-9-17-35(26(37)20-33-30(40)42-32(6,7)8)27(23-15-16-25(36)21(2)18-23)28(38)34-24(29(39)41-31(3,4)5)19-22-13-11-10-12-14-22/h9-16,18,24,27,36H,1,17,19-20H2,2-8H3,(H,33,40)(H,34,38). The number of rotatable bonds is 11. The number of ether oxygens (including phenoxy) is 2. The van der Waals surface area contributed by atoms with Crippen LogP contribution in [-0.4, -0.2) is 64.2 Å². The van der Waals surface area contributed by atoms with Crippen molar-refractivity contribution in [3.63, 3.8) is 0 Å². The summed E-state index contributed by atoms with van der Waals surface area (Å²) in [6.45, 7) is 15.2. The third-order valence-electron chi connectivity index (χ3n) is 5.82. The molecule has 10 nitrogen and oxygen atoms in total. The van der Waals surface area contributed by atoms with Crippen LogP contribution in [0, 0.1) is 6.92 Å². The van der Waals surface area contributed by atoms with Crippen molar-refractivity contribution in [1.29, 1.82) is 0 Å². The summed E-state index contributed by atoms with van der Waals surface area (Å²) < 4.78 is 10.8. The Hall–Kier alpha value is -4.34. The Morgan fingerprint density at radius 3 is 2.14 bits per heavy atom. The van der Waals surface area contributed by atoms with Crippen molar-refractivity contribution in [2.45, 2.75) is 78.2 Å². The van der Waals surface area contributed by atoms with Gasteiger partial charge in [0.15, 0.2) is 0 Å². The number of aromatic hydroxyl groups is 1. The Morgan fingerprint density at radius 1 is 0.976 bits per heavy atom. The molecule has 0 spiro atoms. The second-order valence-electron chi connectivity index (χ2n) is 11.9. The molecule has 0 aromatic heterocycles. The molecule has 10 heteroatoms. The molecule has 3 N–H and O–H groups in total. The highest BCUT2D eigenvalue weighted by molar-refractivity contribution is 5.93. The topological polar surface area (TPSA) is 134 Å². The average Bonchev–Trinajstić information content (AvgIpc) is 2.87. The number of alkyl carbamates (subject to hydrolysis) is 1. The predicted octanol–water partition coefficient (Wildman–Crippen LogP) is 4.35. The molecular formula is C32H43N3O7. The fourth-order valence-corrected chi connectivity index (χ4v) is 4.04. The molecule has 228 valence electrons. The van der Waals surface area contributed by atoms with Gasteiger partial charge in [-0.1, -0.05) is 42.5 Å². The van der Waals surface area contributed by atoms with Crippen molar-refractivity contribution < 1.29 is 33.8 Å². The Morgan fingerprint density at radius 2 is 1.60 bits per heavy atom. The highest BCUT2D eigenvalue weighted by Crippen LogP contribution is 2.27. The van der Waals surface area contributed by atoms with Crippen molar-refractivity contribution in [3.05, 3.63) is 77.9 Å². The Bertz CT molecular complexity index is 1260. The maximum absolute atomic E-state index is 14.0. The van der Waals surface area contributed by atoms with Gasteiger partial charge in [-0.05, 0) is 77.3 Å². The highest BCUT2D eigenvalue weighted by atomic mass is 16.6. The minimum atomic E-state index is -1.24. The molecule has 2 aromatic carbocycles. The third kappa shape index (κ3) is 10.9. The lowest BCUT2D eigenvalue weighted by molar-refractivity contribution is -0.159. The first-order chi connectivity index (χ1) is 19.5. The van der Waals surface area contributed by atoms with Crippen molar-refractivity contribution >= 4 is 23.9 Å². The maximum atomic E-state index is 14.0. The molecule has 3 amide bonds. The lowest BCUT2D eigenvalue weighted by atomic mass is 9.99. The average molecular weight is 582 g/mol. The summed E-state index contributed by atoms with van der Waals surface area (Å²) in [6, 6.07) is 11.4. The molecule has 2 aromatic rings. The molecule has 0 bridgehead atoms. The van der Waals surface area contributed by atoms with Crippen molar-refractivity contribution in [1.82, 2.24) is 15.5 Å². The molecule has 0 aliphatic heterocycles. The first-order valence-corrected chi connectivity index (χ1v) is 13.7. The molecule has 0 aliphatic rings. The minimum absolute atomic E-state index is 0.0156. The minimum Gasteiger partial charge on any atom is -0.508 e. The second-order valence-corrected chi connectivity index (χ2v) is 11.9. The largest absolute Gasteiger partial charge is 0.508 e. The molecule has 0 saturated heterocycles. The van der Waals surface area contributed by atoms with Crippen LogP contribution in [0.1, 0.15) is 64.3 Å². The van der Waals surface area contributed by atoms with Gasteiger partial charge in [-0.15, -0.1) is 6.58 Å². The smallest absolute Gasteiger partial charge is 0.408 e. The zero-order valence-electron chi connectivity index (χ0n) is 25.5. The number of amides is 3. The number of hydrogen-bond donors (Lipinski definition) is 3. The van der Waals surface area contributed by atoms with E-state index < -0.39 is 53.7 Å². The number of nitrogens with zero attached hydrogens (tertiary/aromatic N) is 1. The molecule has 42 heavy (non-hydrogen) atoms. The van der Waals surface area contributed by atoms with Crippen molar-refractivity contribution in [3.8, 4) is 5.75 Å². The van der Waals surface area contributed by atoms with Crippen molar-refractivity contribution in [2.75, 3.05) is 13.1 Å². The van der Waals surface area contributed by atoms with Gasteiger partial charge >= 0.3 is 12.1 Å². The molecule has 0 aliphatic carbocycles. The number of benzene rings is 2. The highest BCUT2D eigenvalue weighted by Gasteiger charge is 2.35. The van der Waals surface area contributed by atoms with E-state index in [2.05, 4.69) is 17.2 Å². The van der Waals surface area contributed by atoms with Gasteiger partial charge in [0.1, 0.15) is 35.6 Å². The van der Waals surface area contributed by atoms with E-state index in [0.717, 1.165) is 5.56 Å². The van der Waals surface area contributed by atoms with Crippen LogP contribution in [-0.2, 0) is 30.3 Å². The number of hydrogen-bond acceptors (Lipinski definition) is 7. The quantitative estimate of drug-likeness (QED) is 0.265. The monoisotopic (exact) mass is 581 g/mol. The summed E-state index contributed by atoms with van der Waals surface area (Å²) in [7, 11) is 0. The van der Waals surface area contributed by atoms with Gasteiger partial charge < -0.3 is 30.1 Å². The number of nitrogens with one attached hydrogen (secondary N) is 2. The van der Waals surface area contributed by atoms with Crippen LogP contribution < -0.4 is 10.6 Å². The lowest BCUT2D eigenvalue weighted by Gasteiger charge is -2.32. The van der Waals surface area contributed by atoms with Gasteiger partial charge in [0.2, 0.25) is 11.8 Å². The van der Waals surface area contributed by atoms with Gasteiger partial charge in [0.05, 0.1) is 0 Å². The van der Waals surface area contributed by atoms with Gasteiger partial charge in [-0.2, -0.15) is 0 Å². The van der Waals surface area contributed by atoms with Crippen LogP contribution >= 0.6 is 0 Å². The number of aryl methyl sites for hydroxylation is 1. The lowest BCUT2D eigenvalue weighted by Crippen LogP contribution is -2.52. The summed E-state index contributed by atoms with van der Waals surface area (Å²) in [5.41, 5.74) is 0.0953. The normalized spacial score (nSPS) is 12.8. The molecule has 2 atom stereocenters. The molecule has 0 radical (unpaired) electrons.